The van der Waals surface area contributed by atoms with Crippen molar-refractivity contribution in [1.29, 1.82) is 0 Å². The number of aromatic nitrogens is 3. The molecule has 0 aromatic carbocycles. The summed E-state index contributed by atoms with van der Waals surface area (Å²) in [6.07, 6.45) is 1.83. The monoisotopic (exact) mass is 218 g/mol. The van der Waals surface area contributed by atoms with Gasteiger partial charge in [-0.2, -0.15) is 0 Å². The van der Waals surface area contributed by atoms with Crippen molar-refractivity contribution in [2.75, 3.05) is 19.8 Å². The van der Waals surface area contributed by atoms with E-state index in [1.54, 1.807) is 0 Å². The molecule has 0 bridgehead atoms. The molecule has 5 nitrogen and oxygen atoms in total. The Hall–Kier alpha value is -1.46. The molecule has 84 valence electrons. The topological polar surface area (TPSA) is 62.8 Å². The quantitative estimate of drug-likeness (QED) is 0.747. The van der Waals surface area contributed by atoms with E-state index in [-0.39, 0.29) is 6.04 Å². The number of hydrogen-bond acceptors (Lipinski definition) is 4. The van der Waals surface area contributed by atoms with Gasteiger partial charge in [0.1, 0.15) is 5.82 Å². The van der Waals surface area contributed by atoms with E-state index in [4.69, 9.17) is 4.74 Å². The first-order valence-corrected chi connectivity index (χ1v) is 5.46. The molecule has 2 N–H and O–H groups in total. The molecule has 2 aromatic rings. The molecular weight excluding hydrogens is 204 g/mol. The highest BCUT2D eigenvalue weighted by atomic mass is 16.5. The smallest absolute Gasteiger partial charge is 0.177 e. The molecule has 1 fully saturated rings. The Bertz CT molecular complexity index is 502. The van der Waals surface area contributed by atoms with Crippen molar-refractivity contribution in [2.45, 2.75) is 13.0 Å². The first-order valence-electron chi connectivity index (χ1n) is 5.46. The van der Waals surface area contributed by atoms with Crippen molar-refractivity contribution >= 4 is 11.2 Å². The minimum absolute atomic E-state index is 0.156. The Kier molecular flexibility index (Phi) is 2.34. The highest BCUT2D eigenvalue weighted by Gasteiger charge is 2.18. The Morgan fingerprint density at radius 1 is 1.50 bits per heavy atom. The maximum absolute atomic E-state index is 5.41. The number of hydrogen-bond donors (Lipinski definition) is 2. The van der Waals surface area contributed by atoms with Gasteiger partial charge in [-0.3, -0.25) is 0 Å². The minimum atomic E-state index is 0.156. The molecule has 1 aliphatic heterocycles. The summed E-state index contributed by atoms with van der Waals surface area (Å²) in [4.78, 5) is 12.0. The van der Waals surface area contributed by atoms with E-state index in [2.05, 4.69) is 26.3 Å². The SMILES string of the molecule is Cc1cnc2nc(C3COCCN3)[nH]c2c1. The van der Waals surface area contributed by atoms with E-state index >= 15 is 0 Å². The van der Waals surface area contributed by atoms with Crippen molar-refractivity contribution in [3.8, 4) is 0 Å². The van der Waals surface area contributed by atoms with E-state index in [0.717, 1.165) is 35.7 Å². The van der Waals surface area contributed by atoms with Crippen molar-refractivity contribution < 1.29 is 4.74 Å². The lowest BCUT2D eigenvalue weighted by Gasteiger charge is -2.21. The second-order valence-corrected chi connectivity index (χ2v) is 4.09. The predicted molar refractivity (Wildman–Crippen MR) is 60.2 cm³/mol. The van der Waals surface area contributed by atoms with E-state index in [1.807, 2.05) is 13.1 Å². The maximum Gasteiger partial charge on any atom is 0.177 e. The Morgan fingerprint density at radius 3 is 3.25 bits per heavy atom. The molecule has 0 amide bonds. The molecule has 0 aliphatic carbocycles. The number of fused-ring (bicyclic) bond motifs is 1. The summed E-state index contributed by atoms with van der Waals surface area (Å²) in [7, 11) is 0. The maximum atomic E-state index is 5.41. The lowest BCUT2D eigenvalue weighted by Crippen LogP contribution is -2.35. The van der Waals surface area contributed by atoms with Crippen molar-refractivity contribution in [3.63, 3.8) is 0 Å². The summed E-state index contributed by atoms with van der Waals surface area (Å²) in [6.45, 7) is 4.33. The van der Waals surface area contributed by atoms with Gasteiger partial charge in [0.15, 0.2) is 5.65 Å². The molecule has 3 heterocycles. The number of aryl methyl sites for hydroxylation is 1. The van der Waals surface area contributed by atoms with Crippen LogP contribution in [0.5, 0.6) is 0 Å². The van der Waals surface area contributed by atoms with Gasteiger partial charge in [0.2, 0.25) is 0 Å². The zero-order chi connectivity index (χ0) is 11.0. The van der Waals surface area contributed by atoms with E-state index in [0.29, 0.717) is 6.61 Å². The average molecular weight is 218 g/mol. The van der Waals surface area contributed by atoms with Crippen LogP contribution in [0.1, 0.15) is 17.4 Å². The molecule has 16 heavy (non-hydrogen) atoms. The van der Waals surface area contributed by atoms with Crippen molar-refractivity contribution in [3.05, 3.63) is 23.7 Å². The van der Waals surface area contributed by atoms with Crippen LogP contribution in [0.2, 0.25) is 0 Å². The van der Waals surface area contributed by atoms with E-state index in [9.17, 15) is 0 Å². The van der Waals surface area contributed by atoms with Gasteiger partial charge in [-0.05, 0) is 18.6 Å². The molecule has 1 aliphatic rings. The van der Waals surface area contributed by atoms with Gasteiger partial charge in [-0.1, -0.05) is 0 Å². The molecule has 5 heteroatoms. The number of imidazole rings is 1. The minimum Gasteiger partial charge on any atom is -0.378 e. The lowest BCUT2D eigenvalue weighted by molar-refractivity contribution is 0.0746. The zero-order valence-corrected chi connectivity index (χ0v) is 9.16. The molecule has 1 saturated heterocycles. The Morgan fingerprint density at radius 2 is 2.44 bits per heavy atom. The number of aromatic amines is 1. The van der Waals surface area contributed by atoms with Crippen LogP contribution in [0.25, 0.3) is 11.2 Å². The summed E-state index contributed by atoms with van der Waals surface area (Å²) in [6, 6.07) is 2.21. The molecule has 1 unspecified atom stereocenters. The van der Waals surface area contributed by atoms with E-state index in [1.165, 1.54) is 0 Å². The van der Waals surface area contributed by atoms with Crippen LogP contribution >= 0.6 is 0 Å². The third-order valence-electron chi connectivity index (χ3n) is 2.74. The van der Waals surface area contributed by atoms with Crippen LogP contribution in [-0.4, -0.2) is 34.7 Å². The second kappa shape index (κ2) is 3.84. The van der Waals surface area contributed by atoms with Gasteiger partial charge < -0.3 is 15.0 Å². The molecule has 1 atom stereocenters. The number of pyridine rings is 1. The van der Waals surface area contributed by atoms with E-state index < -0.39 is 0 Å². The van der Waals surface area contributed by atoms with Crippen LogP contribution in [0.3, 0.4) is 0 Å². The average Bonchev–Trinajstić information content (AvgIpc) is 2.73. The number of rotatable bonds is 1. The van der Waals surface area contributed by atoms with Gasteiger partial charge >= 0.3 is 0 Å². The predicted octanol–water partition coefficient (Wildman–Crippen LogP) is 0.927. The summed E-state index contributed by atoms with van der Waals surface area (Å²) in [5.41, 5.74) is 2.89. The number of morpholine rings is 1. The first-order chi connectivity index (χ1) is 7.83. The third kappa shape index (κ3) is 1.68. The van der Waals surface area contributed by atoms with Crippen molar-refractivity contribution in [2.24, 2.45) is 0 Å². The fourth-order valence-electron chi connectivity index (χ4n) is 1.93. The number of nitrogens with one attached hydrogen (secondary N) is 2. The summed E-state index contributed by atoms with van der Waals surface area (Å²) >= 11 is 0. The van der Waals surface area contributed by atoms with Crippen LogP contribution in [-0.2, 0) is 4.74 Å². The number of H-pyrrole nitrogens is 1. The van der Waals surface area contributed by atoms with Crippen LogP contribution in [0, 0.1) is 6.92 Å². The zero-order valence-electron chi connectivity index (χ0n) is 9.16. The highest BCUT2D eigenvalue weighted by molar-refractivity contribution is 5.71. The fourth-order valence-corrected chi connectivity index (χ4v) is 1.93. The summed E-state index contributed by atoms with van der Waals surface area (Å²) in [5, 5.41) is 3.36. The molecule has 3 rings (SSSR count). The van der Waals surface area contributed by atoms with Gasteiger partial charge in [0, 0.05) is 12.7 Å². The fraction of sp³-hybridized carbons (Fsp3) is 0.455. The van der Waals surface area contributed by atoms with Gasteiger partial charge in [0.25, 0.3) is 0 Å². The lowest BCUT2D eigenvalue weighted by atomic mass is 10.2. The molecule has 0 saturated carbocycles. The van der Waals surface area contributed by atoms with Crippen LogP contribution in [0.15, 0.2) is 12.3 Å². The van der Waals surface area contributed by atoms with Gasteiger partial charge in [0.05, 0.1) is 24.8 Å². The third-order valence-corrected chi connectivity index (χ3v) is 2.74. The summed E-state index contributed by atoms with van der Waals surface area (Å²) < 4.78 is 5.41. The normalized spacial score (nSPS) is 21.4. The Balaban J connectivity index is 1.97. The Labute approximate surface area is 93.2 Å². The first kappa shape index (κ1) is 9.74. The molecule has 0 spiro atoms. The standard InChI is InChI=1S/C11H14N4O/c1-7-4-8-10(13-5-7)15-11(14-8)9-6-16-3-2-12-9/h4-5,9,12H,2-3,6H2,1H3,(H,13,14,15). The largest absolute Gasteiger partial charge is 0.378 e. The van der Waals surface area contributed by atoms with Gasteiger partial charge in [-0.25, -0.2) is 9.97 Å². The molecular formula is C11H14N4O. The van der Waals surface area contributed by atoms with Crippen LogP contribution < -0.4 is 5.32 Å². The second-order valence-electron chi connectivity index (χ2n) is 4.09. The highest BCUT2D eigenvalue weighted by Crippen LogP contribution is 2.17. The summed E-state index contributed by atoms with van der Waals surface area (Å²) in [5.74, 6) is 0.910. The van der Waals surface area contributed by atoms with Gasteiger partial charge in [-0.15, -0.1) is 0 Å². The van der Waals surface area contributed by atoms with Crippen LogP contribution in [0.4, 0.5) is 0 Å². The molecule has 2 aromatic heterocycles. The number of nitrogens with zero attached hydrogens (tertiary/aromatic N) is 2. The van der Waals surface area contributed by atoms with Crippen molar-refractivity contribution in [1.82, 2.24) is 20.3 Å². The number of ether oxygens (including phenoxy) is 1. The molecule has 0 radical (unpaired) electrons.